The average Bonchev–Trinajstić information content (AvgIpc) is 1.27. The Balaban J connectivity index is 3.13. The lowest BCUT2D eigenvalue weighted by Crippen LogP contribution is -2.26. The molecule has 0 aliphatic heterocycles. The quantitative estimate of drug-likeness (QED) is 0.363. The molecule has 0 bridgehead atoms. The minimum Gasteiger partial charge on any atom is -0.387 e. The standard InChI is InChI=1S/C4H11N3/c1-7(2)3-4(5)6/h3H2,1-2H3,(H3,5,6). The molecule has 0 rings (SSSR count). The molecule has 7 heavy (non-hydrogen) atoms. The average molecular weight is 101 g/mol. The smallest absolute Gasteiger partial charge is 0.105 e. The molecule has 0 aromatic carbocycles. The van der Waals surface area contributed by atoms with Crippen molar-refractivity contribution < 1.29 is 0 Å². The number of nitrogens with two attached hydrogens (primary N) is 1. The van der Waals surface area contributed by atoms with Crippen molar-refractivity contribution in [3.05, 3.63) is 0 Å². The van der Waals surface area contributed by atoms with Crippen LogP contribution in [-0.2, 0) is 0 Å². The minimum atomic E-state index is 0.213. The van der Waals surface area contributed by atoms with Crippen molar-refractivity contribution >= 4 is 5.84 Å². The van der Waals surface area contributed by atoms with Crippen LogP contribution in [0.2, 0.25) is 0 Å². The second-order valence-electron chi connectivity index (χ2n) is 1.76. The van der Waals surface area contributed by atoms with E-state index in [9.17, 15) is 0 Å². The van der Waals surface area contributed by atoms with Crippen LogP contribution >= 0.6 is 0 Å². The van der Waals surface area contributed by atoms with Gasteiger partial charge in [-0.05, 0) is 14.1 Å². The van der Waals surface area contributed by atoms with E-state index < -0.39 is 0 Å². The summed E-state index contributed by atoms with van der Waals surface area (Å²) < 4.78 is 0. The second-order valence-corrected chi connectivity index (χ2v) is 1.76. The van der Waals surface area contributed by atoms with E-state index in [0.29, 0.717) is 6.54 Å². The lowest BCUT2D eigenvalue weighted by molar-refractivity contribution is 0.467. The van der Waals surface area contributed by atoms with Crippen molar-refractivity contribution in [1.29, 1.82) is 5.41 Å². The van der Waals surface area contributed by atoms with Gasteiger partial charge in [-0.25, -0.2) is 0 Å². The Morgan fingerprint density at radius 3 is 2.14 bits per heavy atom. The number of hydrogen-bond donors (Lipinski definition) is 2. The Labute approximate surface area is 43.6 Å². The van der Waals surface area contributed by atoms with Gasteiger partial charge in [-0.2, -0.15) is 0 Å². The van der Waals surface area contributed by atoms with Gasteiger partial charge in [0.15, 0.2) is 0 Å². The molecular weight excluding hydrogens is 90.1 g/mol. The van der Waals surface area contributed by atoms with Crippen molar-refractivity contribution in [2.75, 3.05) is 20.6 Å². The molecule has 0 atom stereocenters. The largest absolute Gasteiger partial charge is 0.387 e. The number of rotatable bonds is 2. The fraction of sp³-hybridized carbons (Fsp3) is 0.750. The van der Waals surface area contributed by atoms with Crippen LogP contribution < -0.4 is 5.73 Å². The minimum absolute atomic E-state index is 0.213. The van der Waals surface area contributed by atoms with Crippen molar-refractivity contribution in [1.82, 2.24) is 4.90 Å². The molecule has 0 radical (unpaired) electrons. The summed E-state index contributed by atoms with van der Waals surface area (Å²) in [5.41, 5.74) is 5.04. The molecule has 0 aromatic heterocycles. The maximum Gasteiger partial charge on any atom is 0.105 e. The lowest BCUT2D eigenvalue weighted by atomic mass is 10.6. The van der Waals surface area contributed by atoms with Crippen LogP contribution in [0.3, 0.4) is 0 Å². The van der Waals surface area contributed by atoms with Gasteiger partial charge >= 0.3 is 0 Å². The van der Waals surface area contributed by atoms with Gasteiger partial charge in [0.25, 0.3) is 0 Å². The summed E-state index contributed by atoms with van der Waals surface area (Å²) >= 11 is 0. The summed E-state index contributed by atoms with van der Waals surface area (Å²) in [6.07, 6.45) is 0. The number of nitrogens with zero attached hydrogens (tertiary/aromatic N) is 1. The molecule has 42 valence electrons. The van der Waals surface area contributed by atoms with Crippen LogP contribution in [0, 0.1) is 5.41 Å². The summed E-state index contributed by atoms with van der Waals surface area (Å²) in [7, 11) is 3.75. The Bertz CT molecular complexity index is 67.3. The molecule has 0 saturated carbocycles. The number of hydrogen-bond acceptors (Lipinski definition) is 2. The maximum atomic E-state index is 6.76. The molecule has 3 heteroatoms. The highest BCUT2D eigenvalue weighted by atomic mass is 15.1. The molecule has 0 unspecified atom stereocenters. The molecular formula is C4H11N3. The molecule has 0 amide bonds. The van der Waals surface area contributed by atoms with E-state index in [-0.39, 0.29) is 5.84 Å². The van der Waals surface area contributed by atoms with E-state index in [1.807, 2.05) is 19.0 Å². The van der Waals surface area contributed by atoms with E-state index in [0.717, 1.165) is 0 Å². The Hall–Kier alpha value is -0.570. The molecule has 0 aliphatic rings. The van der Waals surface area contributed by atoms with Gasteiger partial charge in [0.1, 0.15) is 5.84 Å². The molecule has 0 fully saturated rings. The topological polar surface area (TPSA) is 53.1 Å². The molecule has 0 aliphatic carbocycles. The van der Waals surface area contributed by atoms with Crippen molar-refractivity contribution in [3.8, 4) is 0 Å². The van der Waals surface area contributed by atoms with E-state index in [1.54, 1.807) is 0 Å². The highest BCUT2D eigenvalue weighted by Crippen LogP contribution is 1.67. The lowest BCUT2D eigenvalue weighted by Gasteiger charge is -2.05. The summed E-state index contributed by atoms with van der Waals surface area (Å²) in [6.45, 7) is 0.556. The van der Waals surface area contributed by atoms with Gasteiger partial charge < -0.3 is 10.6 Å². The zero-order valence-electron chi connectivity index (χ0n) is 4.73. The molecule has 0 saturated heterocycles. The molecule has 0 heterocycles. The summed E-state index contributed by atoms with van der Waals surface area (Å²) in [4.78, 5) is 1.85. The first-order chi connectivity index (χ1) is 3.13. The van der Waals surface area contributed by atoms with Gasteiger partial charge in [0, 0.05) is 0 Å². The highest BCUT2D eigenvalue weighted by molar-refractivity contribution is 5.78. The van der Waals surface area contributed by atoms with Gasteiger partial charge in [0.05, 0.1) is 6.54 Å². The van der Waals surface area contributed by atoms with E-state index >= 15 is 0 Å². The first-order valence-electron chi connectivity index (χ1n) is 2.10. The fourth-order valence-electron chi connectivity index (χ4n) is 0.341. The first-order valence-corrected chi connectivity index (χ1v) is 2.10. The van der Waals surface area contributed by atoms with E-state index in [1.165, 1.54) is 0 Å². The summed E-state index contributed by atoms with van der Waals surface area (Å²) in [5, 5.41) is 6.76. The van der Waals surface area contributed by atoms with Crippen LogP contribution in [0.5, 0.6) is 0 Å². The Morgan fingerprint density at radius 2 is 2.14 bits per heavy atom. The van der Waals surface area contributed by atoms with Gasteiger partial charge in [-0.15, -0.1) is 0 Å². The number of amidine groups is 1. The second kappa shape index (κ2) is 2.58. The van der Waals surface area contributed by atoms with Gasteiger partial charge in [-0.1, -0.05) is 0 Å². The Kier molecular flexibility index (Phi) is 2.37. The van der Waals surface area contributed by atoms with Crippen LogP contribution in [0.4, 0.5) is 0 Å². The van der Waals surface area contributed by atoms with Crippen molar-refractivity contribution in [2.45, 2.75) is 0 Å². The zero-order valence-corrected chi connectivity index (χ0v) is 4.73. The third kappa shape index (κ3) is 5.43. The third-order valence-electron chi connectivity index (χ3n) is 0.487. The van der Waals surface area contributed by atoms with Crippen molar-refractivity contribution in [2.24, 2.45) is 5.73 Å². The number of nitrogens with one attached hydrogen (secondary N) is 1. The van der Waals surface area contributed by atoms with Gasteiger partial charge in [0.2, 0.25) is 0 Å². The van der Waals surface area contributed by atoms with Crippen LogP contribution in [-0.4, -0.2) is 31.4 Å². The fourth-order valence-corrected chi connectivity index (χ4v) is 0.341. The maximum absolute atomic E-state index is 6.76. The summed E-state index contributed by atoms with van der Waals surface area (Å²) in [5.74, 6) is 0.213. The van der Waals surface area contributed by atoms with Crippen LogP contribution in [0.1, 0.15) is 0 Å². The molecule has 3 N–H and O–H groups in total. The zero-order chi connectivity index (χ0) is 5.86. The van der Waals surface area contributed by atoms with Crippen molar-refractivity contribution in [3.63, 3.8) is 0 Å². The van der Waals surface area contributed by atoms with E-state index in [4.69, 9.17) is 11.1 Å². The first kappa shape index (κ1) is 6.43. The van der Waals surface area contributed by atoms with E-state index in [2.05, 4.69) is 0 Å². The third-order valence-corrected chi connectivity index (χ3v) is 0.487. The van der Waals surface area contributed by atoms with Crippen LogP contribution in [0.25, 0.3) is 0 Å². The predicted molar refractivity (Wildman–Crippen MR) is 30.5 cm³/mol. The van der Waals surface area contributed by atoms with Gasteiger partial charge in [-0.3, -0.25) is 5.41 Å². The molecule has 0 aromatic rings. The SMILES string of the molecule is CN(C)CC(=N)N. The Morgan fingerprint density at radius 1 is 1.71 bits per heavy atom. The highest BCUT2D eigenvalue weighted by Gasteiger charge is 1.87. The predicted octanol–water partition coefficient (Wildman–Crippen LogP) is -0.516. The van der Waals surface area contributed by atoms with Crippen LogP contribution in [0.15, 0.2) is 0 Å². The number of likely N-dealkylation sites (N-methyl/N-ethyl adjacent to an activating group) is 1. The molecule has 3 nitrogen and oxygen atoms in total. The molecule has 0 spiro atoms. The monoisotopic (exact) mass is 101 g/mol. The summed E-state index contributed by atoms with van der Waals surface area (Å²) in [6, 6.07) is 0. The normalized spacial score (nSPS) is 9.57.